The Labute approximate surface area is 116 Å². The van der Waals surface area contributed by atoms with Gasteiger partial charge in [0, 0.05) is 12.2 Å². The number of amides is 1. The summed E-state index contributed by atoms with van der Waals surface area (Å²) in [6.45, 7) is 8.18. The van der Waals surface area contributed by atoms with E-state index < -0.39 is 0 Å². The third kappa shape index (κ3) is 3.35. The highest BCUT2D eigenvalue weighted by atomic mass is 16.1. The summed E-state index contributed by atoms with van der Waals surface area (Å²) in [6, 6.07) is 4.24. The number of benzene rings is 1. The second-order valence-corrected chi connectivity index (χ2v) is 5.86. The van der Waals surface area contributed by atoms with E-state index in [1.165, 1.54) is 5.56 Å². The van der Waals surface area contributed by atoms with Crippen LogP contribution in [0.5, 0.6) is 0 Å². The van der Waals surface area contributed by atoms with Crippen molar-refractivity contribution in [3.8, 4) is 0 Å². The molecule has 0 saturated carbocycles. The van der Waals surface area contributed by atoms with Gasteiger partial charge in [0.15, 0.2) is 0 Å². The van der Waals surface area contributed by atoms with Crippen LogP contribution in [0, 0.1) is 26.7 Å². The number of nitrogens with one attached hydrogen (secondary N) is 1. The van der Waals surface area contributed by atoms with Crippen molar-refractivity contribution in [3.63, 3.8) is 0 Å². The largest absolute Gasteiger partial charge is 0.325 e. The first-order valence-electron chi connectivity index (χ1n) is 7.04. The maximum atomic E-state index is 12.4. The number of hydrogen-bond donors (Lipinski definition) is 1. The van der Waals surface area contributed by atoms with Crippen LogP contribution in [-0.4, -0.2) is 30.9 Å². The van der Waals surface area contributed by atoms with Gasteiger partial charge in [-0.2, -0.15) is 0 Å². The Morgan fingerprint density at radius 3 is 2.47 bits per heavy atom. The Kier molecular flexibility index (Phi) is 4.25. The number of piperidine rings is 1. The summed E-state index contributed by atoms with van der Waals surface area (Å²) in [6.07, 6.45) is 2.11. The summed E-state index contributed by atoms with van der Waals surface area (Å²) in [5, 5.41) is 3.13. The van der Waals surface area contributed by atoms with Crippen molar-refractivity contribution in [2.75, 3.05) is 25.5 Å². The zero-order valence-electron chi connectivity index (χ0n) is 12.4. The van der Waals surface area contributed by atoms with E-state index in [4.69, 9.17) is 0 Å². The molecule has 1 fully saturated rings. The molecule has 1 atom stereocenters. The van der Waals surface area contributed by atoms with Crippen LogP contribution in [0.2, 0.25) is 0 Å². The monoisotopic (exact) mass is 260 g/mol. The lowest BCUT2D eigenvalue weighted by molar-refractivity contribution is -0.121. The van der Waals surface area contributed by atoms with Crippen LogP contribution >= 0.6 is 0 Å². The minimum Gasteiger partial charge on any atom is -0.325 e. The molecule has 1 aromatic rings. The molecule has 3 heteroatoms. The van der Waals surface area contributed by atoms with Crippen molar-refractivity contribution in [2.24, 2.45) is 5.92 Å². The summed E-state index contributed by atoms with van der Waals surface area (Å²) in [4.78, 5) is 14.6. The van der Waals surface area contributed by atoms with Gasteiger partial charge in [-0.25, -0.2) is 0 Å². The Hall–Kier alpha value is -1.35. The molecule has 0 radical (unpaired) electrons. The van der Waals surface area contributed by atoms with Gasteiger partial charge < -0.3 is 10.2 Å². The zero-order chi connectivity index (χ0) is 14.0. The third-order valence-electron chi connectivity index (χ3n) is 3.92. The molecule has 1 aromatic carbocycles. The van der Waals surface area contributed by atoms with Gasteiger partial charge in [0.2, 0.25) is 5.91 Å². The van der Waals surface area contributed by atoms with Gasteiger partial charge >= 0.3 is 0 Å². The molecule has 1 N–H and O–H groups in total. The maximum absolute atomic E-state index is 12.4. The lowest BCUT2D eigenvalue weighted by Crippen LogP contribution is -2.38. The molecule has 1 aliphatic heterocycles. The molecule has 1 unspecified atom stereocenters. The summed E-state index contributed by atoms with van der Waals surface area (Å²) in [5.41, 5.74) is 4.53. The minimum absolute atomic E-state index is 0.124. The van der Waals surface area contributed by atoms with Gasteiger partial charge in [0.25, 0.3) is 0 Å². The first-order chi connectivity index (χ1) is 8.97. The van der Waals surface area contributed by atoms with E-state index in [-0.39, 0.29) is 11.8 Å². The molecule has 1 heterocycles. The van der Waals surface area contributed by atoms with Gasteiger partial charge in [0.1, 0.15) is 0 Å². The van der Waals surface area contributed by atoms with E-state index in [1.807, 2.05) is 0 Å². The summed E-state index contributed by atoms with van der Waals surface area (Å²) in [7, 11) is 2.09. The molecule has 0 bridgehead atoms. The van der Waals surface area contributed by atoms with E-state index in [9.17, 15) is 4.79 Å². The highest BCUT2D eigenvalue weighted by Crippen LogP contribution is 2.24. The minimum atomic E-state index is 0.124. The Balaban J connectivity index is 2.10. The number of carbonyl (C=O) groups is 1. The third-order valence-corrected chi connectivity index (χ3v) is 3.92. The van der Waals surface area contributed by atoms with E-state index >= 15 is 0 Å². The molecule has 2 rings (SSSR count). The van der Waals surface area contributed by atoms with Crippen LogP contribution in [0.25, 0.3) is 0 Å². The molecule has 19 heavy (non-hydrogen) atoms. The molecule has 1 aliphatic rings. The van der Waals surface area contributed by atoms with Crippen LogP contribution in [0.1, 0.15) is 29.5 Å². The first-order valence-corrected chi connectivity index (χ1v) is 7.04. The van der Waals surface area contributed by atoms with Gasteiger partial charge in [0.05, 0.1) is 5.92 Å². The molecule has 104 valence electrons. The van der Waals surface area contributed by atoms with Gasteiger partial charge in [-0.05, 0) is 58.3 Å². The standard InChI is InChI=1S/C16H24N2O/c1-11-8-12(2)15(13(3)9-11)17-16(19)14-6-5-7-18(4)10-14/h8-9,14H,5-7,10H2,1-4H3,(H,17,19). The van der Waals surface area contributed by atoms with Crippen LogP contribution in [0.4, 0.5) is 5.69 Å². The number of carbonyl (C=O) groups excluding carboxylic acids is 1. The van der Waals surface area contributed by atoms with Gasteiger partial charge in [-0.1, -0.05) is 17.7 Å². The quantitative estimate of drug-likeness (QED) is 0.886. The Bertz CT molecular complexity index is 459. The molecule has 0 spiro atoms. The van der Waals surface area contributed by atoms with Crippen LogP contribution in [0.15, 0.2) is 12.1 Å². The van der Waals surface area contributed by atoms with Crippen molar-refractivity contribution in [1.82, 2.24) is 4.90 Å². The molecule has 1 amide bonds. The summed E-state index contributed by atoms with van der Waals surface area (Å²) >= 11 is 0. The fraction of sp³-hybridized carbons (Fsp3) is 0.562. The highest BCUT2D eigenvalue weighted by Gasteiger charge is 2.24. The molecule has 1 saturated heterocycles. The molecule has 0 aromatic heterocycles. The number of rotatable bonds is 2. The SMILES string of the molecule is Cc1cc(C)c(NC(=O)C2CCCN(C)C2)c(C)c1. The Morgan fingerprint density at radius 1 is 1.26 bits per heavy atom. The van der Waals surface area contributed by atoms with E-state index in [1.54, 1.807) is 0 Å². The fourth-order valence-corrected chi connectivity index (χ4v) is 2.98. The molecular weight excluding hydrogens is 236 g/mol. The number of nitrogens with zero attached hydrogens (tertiary/aromatic N) is 1. The average molecular weight is 260 g/mol. The topological polar surface area (TPSA) is 32.3 Å². The van der Waals surface area contributed by atoms with Crippen molar-refractivity contribution in [2.45, 2.75) is 33.6 Å². The van der Waals surface area contributed by atoms with E-state index in [2.05, 4.69) is 50.2 Å². The van der Waals surface area contributed by atoms with Crippen LogP contribution in [-0.2, 0) is 4.79 Å². The second kappa shape index (κ2) is 5.74. The number of aryl methyl sites for hydroxylation is 3. The number of hydrogen-bond acceptors (Lipinski definition) is 2. The van der Waals surface area contributed by atoms with Crippen LogP contribution in [0.3, 0.4) is 0 Å². The predicted molar refractivity (Wildman–Crippen MR) is 79.5 cm³/mol. The predicted octanol–water partition coefficient (Wildman–Crippen LogP) is 2.89. The lowest BCUT2D eigenvalue weighted by Gasteiger charge is -2.29. The normalized spacial score (nSPS) is 20.3. The lowest BCUT2D eigenvalue weighted by atomic mass is 9.97. The van der Waals surface area contributed by atoms with Crippen molar-refractivity contribution >= 4 is 11.6 Å². The molecule has 3 nitrogen and oxygen atoms in total. The summed E-state index contributed by atoms with van der Waals surface area (Å²) in [5.74, 6) is 0.292. The van der Waals surface area contributed by atoms with Gasteiger partial charge in [-0.3, -0.25) is 4.79 Å². The molecule has 0 aliphatic carbocycles. The highest BCUT2D eigenvalue weighted by molar-refractivity contribution is 5.94. The maximum Gasteiger partial charge on any atom is 0.228 e. The average Bonchev–Trinajstić information content (AvgIpc) is 2.33. The number of anilines is 1. The first kappa shape index (κ1) is 14.1. The Morgan fingerprint density at radius 2 is 1.89 bits per heavy atom. The van der Waals surface area contributed by atoms with Crippen molar-refractivity contribution in [1.29, 1.82) is 0 Å². The van der Waals surface area contributed by atoms with E-state index in [0.717, 1.165) is 42.7 Å². The molecular formula is C16H24N2O. The number of likely N-dealkylation sites (tertiary alicyclic amines) is 1. The van der Waals surface area contributed by atoms with E-state index in [0.29, 0.717) is 0 Å². The summed E-state index contributed by atoms with van der Waals surface area (Å²) < 4.78 is 0. The van der Waals surface area contributed by atoms with Crippen LogP contribution < -0.4 is 5.32 Å². The second-order valence-electron chi connectivity index (χ2n) is 5.86. The van der Waals surface area contributed by atoms with Gasteiger partial charge in [-0.15, -0.1) is 0 Å². The zero-order valence-corrected chi connectivity index (χ0v) is 12.4. The van der Waals surface area contributed by atoms with Crippen molar-refractivity contribution in [3.05, 3.63) is 28.8 Å². The fourth-order valence-electron chi connectivity index (χ4n) is 2.98. The van der Waals surface area contributed by atoms with Crippen molar-refractivity contribution < 1.29 is 4.79 Å². The smallest absolute Gasteiger partial charge is 0.228 e.